The molecular weight excluding hydrogens is 292 g/mol. The monoisotopic (exact) mass is 316 g/mol. The highest BCUT2D eigenvalue weighted by molar-refractivity contribution is 7.91. The van der Waals surface area contributed by atoms with E-state index < -0.39 is 10.0 Å². The smallest absolute Gasteiger partial charge is 0.252 e. The Labute approximate surface area is 126 Å². The van der Waals surface area contributed by atoms with Crippen molar-refractivity contribution in [3.05, 3.63) is 17.0 Å². The first kappa shape index (κ1) is 15.9. The van der Waals surface area contributed by atoms with E-state index in [2.05, 4.69) is 12.2 Å². The molecule has 1 aliphatic rings. The Kier molecular flexibility index (Phi) is 5.60. The summed E-state index contributed by atoms with van der Waals surface area (Å²) in [4.78, 5) is 1.13. The van der Waals surface area contributed by atoms with Gasteiger partial charge in [0.25, 0.3) is 10.0 Å². The van der Waals surface area contributed by atoms with Crippen molar-refractivity contribution < 1.29 is 8.42 Å². The van der Waals surface area contributed by atoms with Crippen molar-refractivity contribution in [2.24, 2.45) is 0 Å². The van der Waals surface area contributed by atoms with Crippen molar-refractivity contribution in [3.8, 4) is 0 Å². The number of hydrogen-bond acceptors (Lipinski definition) is 4. The number of thiophene rings is 1. The third kappa shape index (κ3) is 3.61. The van der Waals surface area contributed by atoms with Crippen LogP contribution in [0.5, 0.6) is 0 Å². The summed E-state index contributed by atoms with van der Waals surface area (Å²) in [7, 11) is -3.29. The highest BCUT2D eigenvalue weighted by Crippen LogP contribution is 2.29. The molecule has 1 aromatic rings. The maximum absolute atomic E-state index is 12.7. The summed E-state index contributed by atoms with van der Waals surface area (Å²) in [6.45, 7) is 6.59. The molecule has 1 N–H and O–H groups in total. The first-order valence-corrected chi connectivity index (χ1v) is 9.62. The van der Waals surface area contributed by atoms with Gasteiger partial charge in [-0.3, -0.25) is 0 Å². The van der Waals surface area contributed by atoms with E-state index in [0.29, 0.717) is 10.8 Å². The molecule has 4 nitrogen and oxygen atoms in total. The Morgan fingerprint density at radius 2 is 2.20 bits per heavy atom. The fraction of sp³-hybridized carbons (Fsp3) is 0.714. The van der Waals surface area contributed by atoms with E-state index in [4.69, 9.17) is 0 Å². The first-order chi connectivity index (χ1) is 9.55. The highest BCUT2D eigenvalue weighted by Gasteiger charge is 2.31. The summed E-state index contributed by atoms with van der Waals surface area (Å²) in [5, 5.41) is 3.26. The molecule has 1 saturated heterocycles. The molecule has 0 radical (unpaired) electrons. The van der Waals surface area contributed by atoms with Crippen molar-refractivity contribution in [1.29, 1.82) is 0 Å². The average Bonchev–Trinajstić information content (AvgIpc) is 2.89. The largest absolute Gasteiger partial charge is 0.317 e. The van der Waals surface area contributed by atoms with Crippen molar-refractivity contribution in [2.45, 2.75) is 49.8 Å². The van der Waals surface area contributed by atoms with Gasteiger partial charge in [-0.1, -0.05) is 13.3 Å². The maximum atomic E-state index is 12.7. The second-order valence-electron chi connectivity index (χ2n) is 5.28. The quantitative estimate of drug-likeness (QED) is 0.820. The topological polar surface area (TPSA) is 49.4 Å². The van der Waals surface area contributed by atoms with Crippen LogP contribution in [-0.2, 0) is 16.4 Å². The molecule has 6 heteroatoms. The fourth-order valence-corrected chi connectivity index (χ4v) is 5.75. The summed E-state index contributed by atoms with van der Waals surface area (Å²) in [6.07, 6.45) is 3.97. The van der Waals surface area contributed by atoms with E-state index in [1.165, 1.54) is 11.3 Å². The molecule has 1 atom stereocenters. The van der Waals surface area contributed by atoms with Gasteiger partial charge >= 0.3 is 0 Å². The lowest BCUT2D eigenvalue weighted by Gasteiger charge is -2.31. The van der Waals surface area contributed by atoms with Gasteiger partial charge < -0.3 is 5.32 Å². The number of sulfonamides is 1. The Morgan fingerprint density at radius 3 is 2.90 bits per heavy atom. The zero-order valence-electron chi connectivity index (χ0n) is 12.3. The molecule has 0 spiro atoms. The van der Waals surface area contributed by atoms with Crippen LogP contribution >= 0.6 is 11.3 Å². The molecular formula is C14H24N2O2S2. The third-order valence-corrected chi connectivity index (χ3v) is 7.37. The predicted molar refractivity (Wildman–Crippen MR) is 83.8 cm³/mol. The van der Waals surface area contributed by atoms with Gasteiger partial charge in [0.1, 0.15) is 4.21 Å². The van der Waals surface area contributed by atoms with Crippen LogP contribution in [0.3, 0.4) is 0 Å². The summed E-state index contributed by atoms with van der Waals surface area (Å²) in [5.41, 5.74) is 0. The van der Waals surface area contributed by atoms with Crippen LogP contribution in [-0.4, -0.2) is 38.4 Å². The van der Waals surface area contributed by atoms with Crippen molar-refractivity contribution in [2.75, 3.05) is 19.6 Å². The van der Waals surface area contributed by atoms with Gasteiger partial charge in [-0.15, -0.1) is 11.3 Å². The van der Waals surface area contributed by atoms with Crippen LogP contribution in [0.25, 0.3) is 0 Å². The SMILES string of the molecule is CCNCCc1ccc(S(=O)(=O)N2CCCCC2C)s1. The minimum atomic E-state index is -3.29. The Morgan fingerprint density at radius 1 is 1.40 bits per heavy atom. The summed E-state index contributed by atoms with van der Waals surface area (Å²) in [6, 6.07) is 3.84. The standard InChI is InChI=1S/C14H24N2O2S2/c1-3-15-10-9-13-7-8-14(19-13)20(17,18)16-11-5-4-6-12(16)2/h7-8,12,15H,3-6,9-11H2,1-2H3. The minimum absolute atomic E-state index is 0.126. The molecule has 20 heavy (non-hydrogen) atoms. The van der Waals surface area contributed by atoms with Gasteiger partial charge in [0, 0.05) is 17.5 Å². The number of piperidine rings is 1. The Hall–Kier alpha value is -0.430. The zero-order chi connectivity index (χ0) is 14.6. The maximum Gasteiger partial charge on any atom is 0.252 e. The minimum Gasteiger partial charge on any atom is -0.317 e. The summed E-state index contributed by atoms with van der Waals surface area (Å²) >= 11 is 1.42. The predicted octanol–water partition coefficient (Wildman–Crippen LogP) is 2.46. The number of rotatable bonds is 6. The third-order valence-electron chi connectivity index (χ3n) is 3.74. The van der Waals surface area contributed by atoms with Gasteiger partial charge in [-0.2, -0.15) is 4.31 Å². The van der Waals surface area contributed by atoms with Crippen LogP contribution in [0, 0.1) is 0 Å². The van der Waals surface area contributed by atoms with Crippen molar-refractivity contribution >= 4 is 21.4 Å². The molecule has 1 unspecified atom stereocenters. The zero-order valence-corrected chi connectivity index (χ0v) is 13.9. The van der Waals surface area contributed by atoms with Crippen LogP contribution in [0.1, 0.15) is 38.0 Å². The molecule has 0 aromatic carbocycles. The lowest BCUT2D eigenvalue weighted by Crippen LogP contribution is -2.41. The van der Waals surface area contributed by atoms with Crippen LogP contribution in [0.15, 0.2) is 16.3 Å². The highest BCUT2D eigenvalue weighted by atomic mass is 32.2. The van der Waals surface area contributed by atoms with Gasteiger partial charge in [-0.05, 0) is 51.4 Å². The van der Waals surface area contributed by atoms with E-state index in [9.17, 15) is 8.42 Å². The van der Waals surface area contributed by atoms with E-state index in [-0.39, 0.29) is 6.04 Å². The molecule has 0 amide bonds. The number of nitrogens with zero attached hydrogens (tertiary/aromatic N) is 1. The lowest BCUT2D eigenvalue weighted by molar-refractivity contribution is 0.269. The Balaban J connectivity index is 2.09. The lowest BCUT2D eigenvalue weighted by atomic mass is 10.1. The van der Waals surface area contributed by atoms with Crippen molar-refractivity contribution in [3.63, 3.8) is 0 Å². The van der Waals surface area contributed by atoms with E-state index in [1.807, 2.05) is 13.0 Å². The van der Waals surface area contributed by atoms with Crippen molar-refractivity contribution in [1.82, 2.24) is 9.62 Å². The normalized spacial score (nSPS) is 21.2. The number of hydrogen-bond donors (Lipinski definition) is 1. The second-order valence-corrected chi connectivity index (χ2v) is 8.57. The van der Waals surface area contributed by atoms with Crippen LogP contribution in [0.2, 0.25) is 0 Å². The first-order valence-electron chi connectivity index (χ1n) is 7.37. The fourth-order valence-electron chi connectivity index (χ4n) is 2.56. The second kappa shape index (κ2) is 7.02. The van der Waals surface area contributed by atoms with E-state index in [0.717, 1.165) is 43.6 Å². The molecule has 114 valence electrons. The molecule has 1 fully saturated rings. The summed E-state index contributed by atoms with van der Waals surface area (Å²) in [5.74, 6) is 0. The van der Waals surface area contributed by atoms with Gasteiger partial charge in [0.2, 0.25) is 0 Å². The molecule has 1 aromatic heterocycles. The van der Waals surface area contributed by atoms with Gasteiger partial charge in [-0.25, -0.2) is 8.42 Å². The van der Waals surface area contributed by atoms with Gasteiger partial charge in [0.15, 0.2) is 0 Å². The van der Waals surface area contributed by atoms with E-state index >= 15 is 0 Å². The molecule has 1 aliphatic heterocycles. The molecule has 0 saturated carbocycles. The van der Waals surface area contributed by atoms with Crippen LogP contribution in [0.4, 0.5) is 0 Å². The molecule has 0 aliphatic carbocycles. The van der Waals surface area contributed by atoms with Crippen LogP contribution < -0.4 is 5.32 Å². The van der Waals surface area contributed by atoms with Gasteiger partial charge in [0.05, 0.1) is 0 Å². The number of likely N-dealkylation sites (N-methyl/N-ethyl adjacent to an activating group) is 1. The molecule has 2 rings (SSSR count). The average molecular weight is 316 g/mol. The molecule has 0 bridgehead atoms. The summed E-state index contributed by atoms with van der Waals surface area (Å²) < 4.78 is 27.5. The number of nitrogens with one attached hydrogen (secondary N) is 1. The molecule has 2 heterocycles. The van der Waals surface area contributed by atoms with E-state index in [1.54, 1.807) is 10.4 Å². The Bertz CT molecular complexity index is 525.